The van der Waals surface area contributed by atoms with Crippen molar-refractivity contribution in [1.82, 2.24) is 15.5 Å². The summed E-state index contributed by atoms with van der Waals surface area (Å²) in [5.74, 6) is 0.193. The van der Waals surface area contributed by atoms with Gasteiger partial charge in [-0.05, 0) is 52.1 Å². The van der Waals surface area contributed by atoms with Gasteiger partial charge in [0.05, 0.1) is 6.54 Å². The van der Waals surface area contributed by atoms with Crippen LogP contribution in [0.2, 0.25) is 0 Å². The number of nitrogens with zero attached hydrogens (tertiary/aromatic N) is 1. The molecule has 0 aromatic heterocycles. The van der Waals surface area contributed by atoms with Gasteiger partial charge in [-0.15, -0.1) is 0 Å². The minimum Gasteiger partial charge on any atom is -0.352 e. The highest BCUT2D eigenvalue weighted by atomic mass is 16.2. The summed E-state index contributed by atoms with van der Waals surface area (Å²) in [5, 5.41) is 6.76. The zero-order chi connectivity index (χ0) is 15.7. The lowest BCUT2D eigenvalue weighted by molar-refractivity contribution is -0.124. The molecule has 0 radical (unpaired) electrons. The van der Waals surface area contributed by atoms with E-state index in [1.807, 2.05) is 0 Å². The lowest BCUT2D eigenvalue weighted by Crippen LogP contribution is -2.54. The van der Waals surface area contributed by atoms with Gasteiger partial charge in [0.2, 0.25) is 5.91 Å². The molecule has 2 N–H and O–H groups in total. The summed E-state index contributed by atoms with van der Waals surface area (Å²) in [6.07, 6.45) is 6.89. The highest BCUT2D eigenvalue weighted by Crippen LogP contribution is 2.19. The Labute approximate surface area is 131 Å². The molecule has 1 aliphatic rings. The Bertz CT molecular complexity index is 292. The summed E-state index contributed by atoms with van der Waals surface area (Å²) in [5.41, 5.74) is 0. The molecule has 2 unspecified atom stereocenters. The first kappa shape index (κ1) is 18.4. The number of amides is 1. The van der Waals surface area contributed by atoms with Crippen molar-refractivity contribution < 1.29 is 4.79 Å². The fourth-order valence-corrected chi connectivity index (χ4v) is 3.24. The molecule has 21 heavy (non-hydrogen) atoms. The minimum absolute atomic E-state index is 0.193. The van der Waals surface area contributed by atoms with E-state index >= 15 is 0 Å². The maximum Gasteiger partial charge on any atom is 0.234 e. The number of hydrogen-bond donors (Lipinski definition) is 2. The van der Waals surface area contributed by atoms with Crippen molar-refractivity contribution in [3.05, 3.63) is 0 Å². The van der Waals surface area contributed by atoms with E-state index in [2.05, 4.69) is 43.2 Å². The SMILES string of the molecule is CCCNC(C)C1CCCCN1CC(=O)NC(CC)CC. The van der Waals surface area contributed by atoms with Crippen molar-refractivity contribution >= 4 is 5.91 Å². The van der Waals surface area contributed by atoms with E-state index in [0.29, 0.717) is 24.7 Å². The molecule has 0 spiro atoms. The van der Waals surface area contributed by atoms with Gasteiger partial charge in [-0.2, -0.15) is 0 Å². The standard InChI is InChI=1S/C17H35N3O/c1-5-11-18-14(4)16-10-8-9-12-20(16)13-17(21)19-15(6-2)7-3/h14-16,18H,5-13H2,1-4H3,(H,19,21). The first-order valence-electron chi connectivity index (χ1n) is 8.89. The van der Waals surface area contributed by atoms with Crippen LogP contribution in [0.1, 0.15) is 66.2 Å². The number of likely N-dealkylation sites (tertiary alicyclic amines) is 1. The molecule has 1 amide bonds. The second-order valence-electron chi connectivity index (χ2n) is 6.36. The molecule has 0 saturated carbocycles. The third-order valence-electron chi connectivity index (χ3n) is 4.66. The number of nitrogens with one attached hydrogen (secondary N) is 2. The van der Waals surface area contributed by atoms with Crippen LogP contribution in [0.3, 0.4) is 0 Å². The smallest absolute Gasteiger partial charge is 0.234 e. The first-order valence-corrected chi connectivity index (χ1v) is 8.89. The number of piperidine rings is 1. The Kier molecular flexibility index (Phi) is 8.93. The van der Waals surface area contributed by atoms with E-state index in [-0.39, 0.29) is 5.91 Å². The predicted molar refractivity (Wildman–Crippen MR) is 89.5 cm³/mol. The first-order chi connectivity index (χ1) is 10.1. The summed E-state index contributed by atoms with van der Waals surface area (Å²) >= 11 is 0. The predicted octanol–water partition coefficient (Wildman–Crippen LogP) is 2.53. The lowest BCUT2D eigenvalue weighted by Gasteiger charge is -2.39. The highest BCUT2D eigenvalue weighted by Gasteiger charge is 2.28. The van der Waals surface area contributed by atoms with Gasteiger partial charge in [-0.3, -0.25) is 9.69 Å². The van der Waals surface area contributed by atoms with Gasteiger partial charge in [0.15, 0.2) is 0 Å². The second-order valence-corrected chi connectivity index (χ2v) is 6.36. The molecular formula is C17H35N3O. The number of rotatable bonds is 9. The monoisotopic (exact) mass is 297 g/mol. The fourth-order valence-electron chi connectivity index (χ4n) is 3.24. The largest absolute Gasteiger partial charge is 0.352 e. The molecule has 0 aromatic rings. The van der Waals surface area contributed by atoms with Crippen LogP contribution in [0, 0.1) is 0 Å². The maximum atomic E-state index is 12.2. The number of carbonyl (C=O) groups excluding carboxylic acids is 1. The van der Waals surface area contributed by atoms with Gasteiger partial charge in [0, 0.05) is 18.1 Å². The molecule has 4 heteroatoms. The quantitative estimate of drug-likeness (QED) is 0.687. The van der Waals surface area contributed by atoms with Crippen LogP contribution in [-0.4, -0.2) is 48.6 Å². The van der Waals surface area contributed by atoms with E-state index in [9.17, 15) is 4.79 Å². The maximum absolute atomic E-state index is 12.2. The lowest BCUT2D eigenvalue weighted by atomic mass is 9.96. The average molecular weight is 297 g/mol. The summed E-state index contributed by atoms with van der Waals surface area (Å²) in [6.45, 7) is 11.4. The number of hydrogen-bond acceptors (Lipinski definition) is 3. The number of carbonyl (C=O) groups is 1. The Morgan fingerprint density at radius 1 is 1.24 bits per heavy atom. The molecule has 0 aliphatic carbocycles. The van der Waals surface area contributed by atoms with Crippen LogP contribution in [-0.2, 0) is 4.79 Å². The Hall–Kier alpha value is -0.610. The Morgan fingerprint density at radius 2 is 1.95 bits per heavy atom. The summed E-state index contributed by atoms with van der Waals surface area (Å²) in [7, 11) is 0. The van der Waals surface area contributed by atoms with Crippen molar-refractivity contribution in [2.24, 2.45) is 0 Å². The van der Waals surface area contributed by atoms with Crippen LogP contribution in [0.4, 0.5) is 0 Å². The molecule has 1 rings (SSSR count). The van der Waals surface area contributed by atoms with Crippen molar-refractivity contribution in [3.63, 3.8) is 0 Å². The molecule has 1 fully saturated rings. The van der Waals surface area contributed by atoms with E-state index in [1.54, 1.807) is 0 Å². The van der Waals surface area contributed by atoms with E-state index in [1.165, 1.54) is 19.3 Å². The Balaban J connectivity index is 2.50. The molecule has 124 valence electrons. The topological polar surface area (TPSA) is 44.4 Å². The van der Waals surface area contributed by atoms with Crippen molar-refractivity contribution in [1.29, 1.82) is 0 Å². The average Bonchev–Trinajstić information content (AvgIpc) is 2.50. The molecule has 0 aromatic carbocycles. The molecule has 1 aliphatic heterocycles. The van der Waals surface area contributed by atoms with E-state index < -0.39 is 0 Å². The van der Waals surface area contributed by atoms with Gasteiger partial charge in [0.25, 0.3) is 0 Å². The van der Waals surface area contributed by atoms with Gasteiger partial charge >= 0.3 is 0 Å². The van der Waals surface area contributed by atoms with Gasteiger partial charge in [-0.25, -0.2) is 0 Å². The van der Waals surface area contributed by atoms with Crippen molar-refractivity contribution in [3.8, 4) is 0 Å². The molecule has 2 atom stereocenters. The zero-order valence-electron chi connectivity index (χ0n) is 14.5. The van der Waals surface area contributed by atoms with E-state index in [0.717, 1.165) is 32.4 Å². The molecule has 0 bridgehead atoms. The second kappa shape index (κ2) is 10.2. The normalized spacial score (nSPS) is 21.5. The Morgan fingerprint density at radius 3 is 2.57 bits per heavy atom. The van der Waals surface area contributed by atoms with Crippen LogP contribution in [0.25, 0.3) is 0 Å². The minimum atomic E-state index is 0.193. The summed E-state index contributed by atoms with van der Waals surface area (Å²) in [6, 6.07) is 1.29. The van der Waals surface area contributed by atoms with Crippen LogP contribution >= 0.6 is 0 Å². The molecule has 1 saturated heterocycles. The van der Waals surface area contributed by atoms with Gasteiger partial charge in [0.1, 0.15) is 0 Å². The molecular weight excluding hydrogens is 262 g/mol. The molecule has 1 heterocycles. The van der Waals surface area contributed by atoms with Crippen molar-refractivity contribution in [2.45, 2.75) is 84.3 Å². The summed E-state index contributed by atoms with van der Waals surface area (Å²) in [4.78, 5) is 14.6. The van der Waals surface area contributed by atoms with Gasteiger partial charge in [-0.1, -0.05) is 27.2 Å². The van der Waals surface area contributed by atoms with Gasteiger partial charge < -0.3 is 10.6 Å². The zero-order valence-corrected chi connectivity index (χ0v) is 14.5. The highest BCUT2D eigenvalue weighted by molar-refractivity contribution is 5.78. The third kappa shape index (κ3) is 6.35. The van der Waals surface area contributed by atoms with Crippen molar-refractivity contribution in [2.75, 3.05) is 19.6 Å². The van der Waals surface area contributed by atoms with Crippen LogP contribution < -0.4 is 10.6 Å². The third-order valence-corrected chi connectivity index (χ3v) is 4.66. The molecule has 4 nitrogen and oxygen atoms in total. The van der Waals surface area contributed by atoms with Crippen LogP contribution in [0.15, 0.2) is 0 Å². The van der Waals surface area contributed by atoms with Crippen LogP contribution in [0.5, 0.6) is 0 Å². The fraction of sp³-hybridized carbons (Fsp3) is 0.941. The van der Waals surface area contributed by atoms with E-state index in [4.69, 9.17) is 0 Å². The summed E-state index contributed by atoms with van der Waals surface area (Å²) < 4.78 is 0.